The van der Waals surface area contributed by atoms with E-state index in [2.05, 4.69) is 19.6 Å². The molecule has 8 heteroatoms. The molecule has 6 nitrogen and oxygen atoms in total. The fraction of sp³-hybridized carbons (Fsp3) is 0.412. The summed E-state index contributed by atoms with van der Waals surface area (Å²) in [5.74, 6) is 0.586. The molecule has 25 heavy (non-hydrogen) atoms. The topological polar surface area (TPSA) is 75.2 Å². The molecule has 1 aromatic heterocycles. The summed E-state index contributed by atoms with van der Waals surface area (Å²) < 4.78 is 27.1. The highest BCUT2D eigenvalue weighted by Gasteiger charge is 2.15. The van der Waals surface area contributed by atoms with E-state index in [-0.39, 0.29) is 12.3 Å². The van der Waals surface area contributed by atoms with Crippen molar-refractivity contribution in [1.82, 2.24) is 14.7 Å². The maximum Gasteiger partial charge on any atom is 0.225 e. The Kier molecular flexibility index (Phi) is 5.88. The van der Waals surface area contributed by atoms with Crippen molar-refractivity contribution in [2.75, 3.05) is 18.0 Å². The minimum Gasteiger partial charge on any atom is -0.341 e. The molecule has 1 N–H and O–H groups in total. The van der Waals surface area contributed by atoms with Crippen molar-refractivity contribution >= 4 is 27.6 Å². The summed E-state index contributed by atoms with van der Waals surface area (Å²) in [5.41, 5.74) is 1.35. The number of hydrogen-bond acceptors (Lipinski definition) is 5. The van der Waals surface area contributed by atoms with Crippen molar-refractivity contribution < 1.29 is 8.42 Å². The number of sulfonamides is 1. The van der Waals surface area contributed by atoms with Gasteiger partial charge < -0.3 is 4.90 Å². The molecule has 2 heterocycles. The number of aromatic nitrogens is 2. The first-order valence-electron chi connectivity index (χ1n) is 8.30. The van der Waals surface area contributed by atoms with E-state index in [9.17, 15) is 8.42 Å². The zero-order valence-corrected chi connectivity index (χ0v) is 15.4. The standard InChI is InChI=1S/C17H21ClN4O2S/c18-15-6-4-14(5-7-15)13-25(23,24)20-12-16-8-9-19-17(21-16)22-10-2-1-3-11-22/h4-9,20H,1-3,10-13H2. The van der Waals surface area contributed by atoms with E-state index < -0.39 is 10.0 Å². The van der Waals surface area contributed by atoms with Crippen molar-refractivity contribution in [3.8, 4) is 0 Å². The summed E-state index contributed by atoms with van der Waals surface area (Å²) in [5, 5.41) is 0.584. The Morgan fingerprint density at radius 1 is 1.08 bits per heavy atom. The number of benzene rings is 1. The van der Waals surface area contributed by atoms with Gasteiger partial charge in [0.1, 0.15) is 0 Å². The molecule has 0 saturated carbocycles. The van der Waals surface area contributed by atoms with Crippen molar-refractivity contribution in [2.24, 2.45) is 0 Å². The first kappa shape index (κ1) is 18.1. The first-order valence-corrected chi connectivity index (χ1v) is 10.3. The lowest BCUT2D eigenvalue weighted by atomic mass is 10.1. The van der Waals surface area contributed by atoms with Crippen LogP contribution in [-0.2, 0) is 22.3 Å². The van der Waals surface area contributed by atoms with Crippen LogP contribution in [0.1, 0.15) is 30.5 Å². The van der Waals surface area contributed by atoms with Gasteiger partial charge in [-0.05, 0) is 43.0 Å². The molecule has 1 aliphatic heterocycles. The Bertz CT molecular complexity index is 806. The van der Waals surface area contributed by atoms with Gasteiger partial charge in [0.25, 0.3) is 0 Å². The molecule has 0 radical (unpaired) electrons. The predicted octanol–water partition coefficient (Wildman–Crippen LogP) is 2.74. The Morgan fingerprint density at radius 3 is 2.52 bits per heavy atom. The van der Waals surface area contributed by atoms with Crippen molar-refractivity contribution in [1.29, 1.82) is 0 Å². The van der Waals surface area contributed by atoms with Crippen LogP contribution in [0.15, 0.2) is 36.5 Å². The monoisotopic (exact) mass is 380 g/mol. The SMILES string of the molecule is O=S(=O)(Cc1ccc(Cl)cc1)NCc1ccnc(N2CCCCC2)n1. The number of rotatable bonds is 6. The van der Waals surface area contributed by atoms with Crippen LogP contribution in [0.25, 0.3) is 0 Å². The van der Waals surface area contributed by atoms with Crippen LogP contribution in [0, 0.1) is 0 Å². The lowest BCUT2D eigenvalue weighted by Gasteiger charge is -2.26. The highest BCUT2D eigenvalue weighted by Crippen LogP contribution is 2.16. The summed E-state index contributed by atoms with van der Waals surface area (Å²) >= 11 is 5.82. The van der Waals surface area contributed by atoms with Gasteiger partial charge in [-0.2, -0.15) is 0 Å². The van der Waals surface area contributed by atoms with Gasteiger partial charge in [-0.1, -0.05) is 23.7 Å². The smallest absolute Gasteiger partial charge is 0.225 e. The van der Waals surface area contributed by atoms with Crippen LogP contribution in [0.4, 0.5) is 5.95 Å². The Hall–Kier alpha value is -1.70. The second-order valence-electron chi connectivity index (χ2n) is 6.10. The largest absolute Gasteiger partial charge is 0.341 e. The summed E-state index contributed by atoms with van der Waals surface area (Å²) in [6, 6.07) is 8.52. The molecule has 0 unspecified atom stereocenters. The Morgan fingerprint density at radius 2 is 1.80 bits per heavy atom. The van der Waals surface area contributed by atoms with E-state index in [0.717, 1.165) is 25.9 Å². The molecule has 3 rings (SSSR count). The van der Waals surface area contributed by atoms with Gasteiger partial charge in [0, 0.05) is 24.3 Å². The highest BCUT2D eigenvalue weighted by molar-refractivity contribution is 7.88. The second-order valence-corrected chi connectivity index (χ2v) is 8.35. The summed E-state index contributed by atoms with van der Waals surface area (Å²) in [4.78, 5) is 10.9. The molecule has 0 aliphatic carbocycles. The minimum atomic E-state index is -3.45. The van der Waals surface area contributed by atoms with Crippen LogP contribution in [0.5, 0.6) is 0 Å². The maximum atomic E-state index is 12.2. The van der Waals surface area contributed by atoms with Crippen LogP contribution >= 0.6 is 11.6 Å². The molecule has 2 aromatic rings. The molecule has 134 valence electrons. The fourth-order valence-corrected chi connectivity index (χ4v) is 3.99. The molecular weight excluding hydrogens is 360 g/mol. The molecule has 1 fully saturated rings. The van der Waals surface area contributed by atoms with Gasteiger partial charge in [-0.15, -0.1) is 0 Å². The predicted molar refractivity (Wildman–Crippen MR) is 99.0 cm³/mol. The third kappa shape index (κ3) is 5.39. The van der Waals surface area contributed by atoms with E-state index in [1.807, 2.05) is 0 Å². The Balaban J connectivity index is 1.61. The number of nitrogens with one attached hydrogen (secondary N) is 1. The molecule has 1 aliphatic rings. The van der Waals surface area contributed by atoms with Crippen molar-refractivity contribution in [3.05, 3.63) is 52.8 Å². The zero-order chi connectivity index (χ0) is 17.7. The maximum absolute atomic E-state index is 12.2. The van der Waals surface area contributed by atoms with Gasteiger partial charge >= 0.3 is 0 Å². The molecule has 1 aromatic carbocycles. The van der Waals surface area contributed by atoms with E-state index in [1.165, 1.54) is 6.42 Å². The fourth-order valence-electron chi connectivity index (χ4n) is 2.76. The van der Waals surface area contributed by atoms with Crippen LogP contribution in [-0.4, -0.2) is 31.5 Å². The van der Waals surface area contributed by atoms with Crippen molar-refractivity contribution in [3.63, 3.8) is 0 Å². The Labute approximate surface area is 153 Å². The van der Waals surface area contributed by atoms with Crippen LogP contribution in [0.3, 0.4) is 0 Å². The number of nitrogens with zero attached hydrogens (tertiary/aromatic N) is 3. The van der Waals surface area contributed by atoms with Crippen molar-refractivity contribution in [2.45, 2.75) is 31.6 Å². The number of hydrogen-bond donors (Lipinski definition) is 1. The molecule has 1 saturated heterocycles. The van der Waals surface area contributed by atoms with Gasteiger partial charge in [0.05, 0.1) is 18.0 Å². The number of piperidine rings is 1. The molecule has 0 atom stereocenters. The zero-order valence-electron chi connectivity index (χ0n) is 13.9. The van der Waals surface area contributed by atoms with E-state index in [4.69, 9.17) is 11.6 Å². The molecular formula is C17H21ClN4O2S. The summed E-state index contributed by atoms with van der Waals surface area (Å²) in [6.45, 7) is 2.05. The van der Waals surface area contributed by atoms with Gasteiger partial charge in [-0.25, -0.2) is 23.1 Å². The van der Waals surface area contributed by atoms with E-state index in [1.54, 1.807) is 36.5 Å². The average molecular weight is 381 g/mol. The first-order chi connectivity index (χ1) is 12.0. The summed E-state index contributed by atoms with van der Waals surface area (Å²) in [6.07, 6.45) is 5.20. The lowest BCUT2D eigenvalue weighted by molar-refractivity contribution is 0.565. The number of anilines is 1. The number of halogens is 1. The second kappa shape index (κ2) is 8.12. The normalized spacial score (nSPS) is 15.3. The van der Waals surface area contributed by atoms with Gasteiger partial charge in [0.15, 0.2) is 0 Å². The average Bonchev–Trinajstić information content (AvgIpc) is 2.63. The lowest BCUT2D eigenvalue weighted by Crippen LogP contribution is -2.31. The molecule has 0 bridgehead atoms. The van der Waals surface area contributed by atoms with Crippen LogP contribution < -0.4 is 9.62 Å². The van der Waals surface area contributed by atoms with Crippen LogP contribution in [0.2, 0.25) is 5.02 Å². The van der Waals surface area contributed by atoms with E-state index >= 15 is 0 Å². The quantitative estimate of drug-likeness (QED) is 0.833. The van der Waals surface area contributed by atoms with Gasteiger partial charge in [0.2, 0.25) is 16.0 Å². The van der Waals surface area contributed by atoms with Gasteiger partial charge in [-0.3, -0.25) is 0 Å². The third-order valence-electron chi connectivity index (χ3n) is 4.08. The highest BCUT2D eigenvalue weighted by atomic mass is 35.5. The molecule has 0 amide bonds. The van der Waals surface area contributed by atoms with E-state index in [0.29, 0.717) is 22.2 Å². The molecule has 0 spiro atoms. The minimum absolute atomic E-state index is 0.0891. The third-order valence-corrected chi connectivity index (χ3v) is 5.63. The summed E-state index contributed by atoms with van der Waals surface area (Å²) in [7, 11) is -3.45.